The zero-order chi connectivity index (χ0) is 27.6. The van der Waals surface area contributed by atoms with Crippen LogP contribution in [0, 0.1) is 0 Å². The molecule has 0 unspecified atom stereocenters. The summed E-state index contributed by atoms with van der Waals surface area (Å²) in [4.78, 5) is 22.8. The highest BCUT2D eigenvalue weighted by Crippen LogP contribution is 2.32. The van der Waals surface area contributed by atoms with E-state index >= 15 is 0 Å². The van der Waals surface area contributed by atoms with E-state index in [0.29, 0.717) is 22.8 Å². The molecule has 0 amide bonds. The molecule has 0 aliphatic rings. The van der Waals surface area contributed by atoms with Gasteiger partial charge in [0.25, 0.3) is 0 Å². The summed E-state index contributed by atoms with van der Waals surface area (Å²) in [6.45, 7) is 0. The van der Waals surface area contributed by atoms with Crippen molar-refractivity contribution in [2.45, 2.75) is 0 Å². The Morgan fingerprint density at radius 2 is 0.850 bits per heavy atom. The quantitative estimate of drug-likeness (QED) is 0.247. The summed E-state index contributed by atoms with van der Waals surface area (Å²) in [5, 5.41) is 28.4. The van der Waals surface area contributed by atoms with Crippen molar-refractivity contribution >= 4 is 11.9 Å². The molecule has 0 fully saturated rings. The third kappa shape index (κ3) is 4.65. The van der Waals surface area contributed by atoms with E-state index in [9.17, 15) is 19.8 Å². The van der Waals surface area contributed by atoms with Gasteiger partial charge in [0, 0.05) is 11.1 Å². The van der Waals surface area contributed by atoms with Crippen LogP contribution in [0.3, 0.4) is 0 Å². The van der Waals surface area contributed by atoms with Gasteiger partial charge in [0.2, 0.25) is 0 Å². The highest BCUT2D eigenvalue weighted by molar-refractivity contribution is 5.88. The van der Waals surface area contributed by atoms with Gasteiger partial charge >= 0.3 is 11.9 Å². The van der Waals surface area contributed by atoms with Crippen LogP contribution in [0.25, 0.3) is 45.3 Å². The van der Waals surface area contributed by atoms with Crippen molar-refractivity contribution in [1.29, 1.82) is 0 Å². The standard InChI is InChI=1S/C32H22N4O4/c37-31(38)23-11-15-25(16-12-23)35-29(21-7-3-1-4-8-21)19-27(33-35)28-20-30(22-9-5-2-6-10-22)36(34-28)26-17-13-24(14-18-26)32(39)40/h1-20H,(H,37,38)(H,39,40). The lowest BCUT2D eigenvalue weighted by Crippen LogP contribution is -2.02. The molecule has 2 N–H and O–H groups in total. The van der Waals surface area contributed by atoms with Gasteiger partial charge in [0.1, 0.15) is 11.4 Å². The summed E-state index contributed by atoms with van der Waals surface area (Å²) in [5.41, 5.74) is 6.57. The third-order valence-electron chi connectivity index (χ3n) is 6.54. The second-order valence-electron chi connectivity index (χ2n) is 9.09. The Hall–Kier alpha value is -5.76. The van der Waals surface area contributed by atoms with Crippen molar-refractivity contribution in [2.24, 2.45) is 0 Å². The molecule has 0 bridgehead atoms. The van der Waals surface area contributed by atoms with Gasteiger partial charge in [-0.05, 0) is 60.7 Å². The summed E-state index contributed by atoms with van der Waals surface area (Å²) >= 11 is 0. The van der Waals surface area contributed by atoms with Crippen LogP contribution in [-0.2, 0) is 0 Å². The van der Waals surface area contributed by atoms with Crippen LogP contribution in [0.2, 0.25) is 0 Å². The maximum atomic E-state index is 11.4. The van der Waals surface area contributed by atoms with E-state index in [1.807, 2.05) is 72.8 Å². The minimum Gasteiger partial charge on any atom is -0.478 e. The molecule has 8 nitrogen and oxygen atoms in total. The molecule has 0 radical (unpaired) electrons. The number of aromatic nitrogens is 4. The smallest absolute Gasteiger partial charge is 0.335 e. The first kappa shape index (κ1) is 24.6. The number of nitrogens with zero attached hydrogens (tertiary/aromatic N) is 4. The lowest BCUT2D eigenvalue weighted by atomic mass is 10.1. The molecule has 0 aliphatic heterocycles. The molecular weight excluding hydrogens is 504 g/mol. The zero-order valence-corrected chi connectivity index (χ0v) is 21.0. The monoisotopic (exact) mass is 526 g/mol. The largest absolute Gasteiger partial charge is 0.478 e. The number of carbonyl (C=O) groups is 2. The van der Waals surface area contributed by atoms with Crippen molar-refractivity contribution < 1.29 is 19.8 Å². The summed E-state index contributed by atoms with van der Waals surface area (Å²) in [6.07, 6.45) is 0. The Labute approximate surface area is 229 Å². The number of aromatic carboxylic acids is 2. The molecular formula is C32H22N4O4. The topological polar surface area (TPSA) is 110 Å². The first-order valence-corrected chi connectivity index (χ1v) is 12.5. The van der Waals surface area contributed by atoms with Crippen LogP contribution >= 0.6 is 0 Å². The minimum absolute atomic E-state index is 0.192. The van der Waals surface area contributed by atoms with Gasteiger partial charge in [-0.2, -0.15) is 10.2 Å². The van der Waals surface area contributed by atoms with Gasteiger partial charge in [-0.3, -0.25) is 0 Å². The minimum atomic E-state index is -0.994. The van der Waals surface area contributed by atoms with Crippen molar-refractivity contribution in [2.75, 3.05) is 0 Å². The molecule has 0 saturated heterocycles. The number of hydrogen-bond acceptors (Lipinski definition) is 4. The maximum absolute atomic E-state index is 11.4. The number of hydrogen-bond donors (Lipinski definition) is 2. The van der Waals surface area contributed by atoms with Crippen LogP contribution in [-0.4, -0.2) is 41.7 Å². The maximum Gasteiger partial charge on any atom is 0.335 e. The van der Waals surface area contributed by atoms with E-state index in [-0.39, 0.29) is 11.1 Å². The molecule has 8 heteroatoms. The molecule has 0 aliphatic carbocycles. The number of rotatable bonds is 7. The molecule has 2 aromatic heterocycles. The second kappa shape index (κ2) is 10.2. The van der Waals surface area contributed by atoms with Gasteiger partial charge in [0.05, 0.1) is 33.9 Å². The number of carboxylic acids is 2. The van der Waals surface area contributed by atoms with Crippen LogP contribution in [0.1, 0.15) is 20.7 Å². The average Bonchev–Trinajstić information content (AvgIpc) is 3.64. The van der Waals surface area contributed by atoms with Crippen molar-refractivity contribution in [3.8, 4) is 45.3 Å². The van der Waals surface area contributed by atoms with Gasteiger partial charge in [-0.15, -0.1) is 0 Å². The van der Waals surface area contributed by atoms with Crippen LogP contribution in [0.5, 0.6) is 0 Å². The van der Waals surface area contributed by atoms with Crippen molar-refractivity contribution in [1.82, 2.24) is 19.6 Å². The van der Waals surface area contributed by atoms with Gasteiger partial charge in [-0.25, -0.2) is 19.0 Å². The fourth-order valence-corrected chi connectivity index (χ4v) is 4.53. The molecule has 2 heterocycles. The second-order valence-corrected chi connectivity index (χ2v) is 9.09. The molecule has 6 aromatic rings. The Bertz CT molecular complexity index is 1690. The molecule has 194 valence electrons. The van der Waals surface area contributed by atoms with E-state index in [2.05, 4.69) is 0 Å². The summed E-state index contributed by atoms with van der Waals surface area (Å²) < 4.78 is 3.55. The zero-order valence-electron chi connectivity index (χ0n) is 21.0. The summed E-state index contributed by atoms with van der Waals surface area (Å²) in [5.74, 6) is -1.99. The fourth-order valence-electron chi connectivity index (χ4n) is 4.53. The Kier molecular flexibility index (Phi) is 6.26. The Balaban J connectivity index is 1.51. The highest BCUT2D eigenvalue weighted by atomic mass is 16.4. The SMILES string of the molecule is O=C(O)c1ccc(-n2nc(-c3cc(-c4ccccc4)n(-c4ccc(C(=O)O)cc4)n3)cc2-c2ccccc2)cc1. The normalized spacial score (nSPS) is 10.9. The van der Waals surface area contributed by atoms with E-state index in [4.69, 9.17) is 10.2 Å². The predicted octanol–water partition coefficient (Wildman–Crippen LogP) is 6.46. The fraction of sp³-hybridized carbons (Fsp3) is 0. The van der Waals surface area contributed by atoms with Crippen LogP contribution in [0.15, 0.2) is 121 Å². The van der Waals surface area contributed by atoms with Gasteiger partial charge in [-0.1, -0.05) is 60.7 Å². The van der Waals surface area contributed by atoms with Gasteiger partial charge < -0.3 is 10.2 Å². The van der Waals surface area contributed by atoms with Crippen LogP contribution < -0.4 is 0 Å². The van der Waals surface area contributed by atoms with E-state index in [0.717, 1.165) is 22.5 Å². The third-order valence-corrected chi connectivity index (χ3v) is 6.54. The lowest BCUT2D eigenvalue weighted by Gasteiger charge is -2.08. The Morgan fingerprint density at radius 1 is 0.500 bits per heavy atom. The lowest BCUT2D eigenvalue weighted by molar-refractivity contribution is 0.0686. The molecule has 4 aromatic carbocycles. The number of carboxylic acid groups (broad SMARTS) is 2. The predicted molar refractivity (Wildman–Crippen MR) is 151 cm³/mol. The molecule has 0 saturated carbocycles. The highest BCUT2D eigenvalue weighted by Gasteiger charge is 2.19. The van der Waals surface area contributed by atoms with Crippen molar-refractivity contribution in [3.63, 3.8) is 0 Å². The first-order valence-electron chi connectivity index (χ1n) is 12.5. The Morgan fingerprint density at radius 3 is 1.18 bits per heavy atom. The summed E-state index contributed by atoms with van der Waals surface area (Å²) in [7, 11) is 0. The molecule has 6 rings (SSSR count). The average molecular weight is 527 g/mol. The molecule has 0 spiro atoms. The van der Waals surface area contributed by atoms with E-state index in [1.165, 1.54) is 0 Å². The first-order chi connectivity index (χ1) is 19.5. The molecule has 40 heavy (non-hydrogen) atoms. The van der Waals surface area contributed by atoms with Crippen LogP contribution in [0.4, 0.5) is 0 Å². The van der Waals surface area contributed by atoms with E-state index in [1.54, 1.807) is 57.9 Å². The van der Waals surface area contributed by atoms with Gasteiger partial charge in [0.15, 0.2) is 0 Å². The van der Waals surface area contributed by atoms with Crippen molar-refractivity contribution in [3.05, 3.63) is 132 Å². The summed E-state index contributed by atoms with van der Waals surface area (Å²) in [6, 6.07) is 36.6. The molecule has 0 atom stereocenters. The van der Waals surface area contributed by atoms with E-state index < -0.39 is 11.9 Å². The number of benzene rings is 4.